The van der Waals surface area contributed by atoms with Crippen molar-refractivity contribution < 1.29 is 0 Å². The van der Waals surface area contributed by atoms with E-state index in [1.807, 2.05) is 0 Å². The van der Waals surface area contributed by atoms with Crippen LogP contribution in [0.15, 0.2) is 4.99 Å². The number of hydrogen-bond donors (Lipinski definition) is 1. The summed E-state index contributed by atoms with van der Waals surface area (Å²) in [6.07, 6.45) is 7.68. The van der Waals surface area contributed by atoms with E-state index in [2.05, 4.69) is 22.3 Å². The van der Waals surface area contributed by atoms with Crippen molar-refractivity contribution in [2.45, 2.75) is 32.1 Å². The molecular formula is C15H26IN3. The summed E-state index contributed by atoms with van der Waals surface area (Å²) in [5.74, 6) is 6.32. The van der Waals surface area contributed by atoms with E-state index in [1.165, 1.54) is 32.2 Å². The number of hydrogen-bond acceptors (Lipinski definition) is 3. The zero-order valence-corrected chi connectivity index (χ0v) is 14.2. The molecular weight excluding hydrogens is 349 g/mol. The van der Waals surface area contributed by atoms with Crippen LogP contribution in [0.2, 0.25) is 0 Å². The van der Waals surface area contributed by atoms with Gasteiger partial charge >= 0.3 is 0 Å². The molecule has 0 aromatic heterocycles. The first-order valence-electron chi connectivity index (χ1n) is 7.79. The number of likely N-dealkylation sites (N-methyl/N-ethyl adjacent to an activating group) is 1. The van der Waals surface area contributed by atoms with E-state index >= 15 is 0 Å². The Balaban J connectivity index is 0.00000110. The Morgan fingerprint density at radius 1 is 1.11 bits per heavy atom. The number of rotatable bonds is 2. The highest BCUT2D eigenvalue weighted by Gasteiger charge is 2.47. The molecule has 0 spiro atoms. The first kappa shape index (κ1) is 14.0. The Bertz CT molecular complexity index is 340. The van der Waals surface area contributed by atoms with E-state index in [0.29, 0.717) is 0 Å². The lowest BCUT2D eigenvalue weighted by molar-refractivity contribution is -0.0340. The molecule has 3 nitrogen and oxygen atoms in total. The SMILES string of the molecule is CN1CCN=C1NCC1C2CC3CC(C2)CC1C3.I. The second-order valence-corrected chi connectivity index (χ2v) is 7.10. The Kier molecular flexibility index (Phi) is 3.98. The van der Waals surface area contributed by atoms with E-state index in [-0.39, 0.29) is 24.0 Å². The van der Waals surface area contributed by atoms with Crippen LogP contribution in [0.4, 0.5) is 0 Å². The monoisotopic (exact) mass is 375 g/mol. The summed E-state index contributed by atoms with van der Waals surface area (Å²) >= 11 is 0. The van der Waals surface area contributed by atoms with Crippen LogP contribution in [0.5, 0.6) is 0 Å². The minimum Gasteiger partial charge on any atom is -0.356 e. The normalized spacial score (nSPS) is 43.1. The lowest BCUT2D eigenvalue weighted by atomic mass is 9.52. The van der Waals surface area contributed by atoms with Crippen LogP contribution < -0.4 is 5.32 Å². The van der Waals surface area contributed by atoms with E-state index in [0.717, 1.165) is 48.6 Å². The third-order valence-electron chi connectivity index (χ3n) is 5.98. The van der Waals surface area contributed by atoms with Gasteiger partial charge in [-0.15, -0.1) is 24.0 Å². The lowest BCUT2D eigenvalue weighted by Gasteiger charge is -2.54. The lowest BCUT2D eigenvalue weighted by Crippen LogP contribution is -2.50. The number of aliphatic imine (C=N–C) groups is 1. The van der Waals surface area contributed by atoms with Gasteiger partial charge in [0.15, 0.2) is 5.96 Å². The summed E-state index contributed by atoms with van der Waals surface area (Å²) in [6, 6.07) is 0. The molecule has 0 amide bonds. The van der Waals surface area contributed by atoms with Gasteiger partial charge in [0.05, 0.1) is 6.54 Å². The second-order valence-electron chi connectivity index (χ2n) is 7.10. The molecule has 4 aliphatic carbocycles. The molecule has 0 saturated heterocycles. The van der Waals surface area contributed by atoms with E-state index < -0.39 is 0 Å². The molecule has 4 heteroatoms. The standard InChI is InChI=1S/C15H25N3.HI/c1-18-3-2-16-15(18)17-9-14-12-5-10-4-11(7-12)8-13(14)6-10;/h10-14H,2-9H2,1H3,(H,16,17);1H. The summed E-state index contributed by atoms with van der Waals surface area (Å²) in [5.41, 5.74) is 0. The molecule has 0 aromatic carbocycles. The minimum atomic E-state index is 0. The largest absolute Gasteiger partial charge is 0.356 e. The van der Waals surface area contributed by atoms with Gasteiger partial charge in [0.1, 0.15) is 0 Å². The zero-order chi connectivity index (χ0) is 12.1. The minimum absolute atomic E-state index is 0. The van der Waals surface area contributed by atoms with Gasteiger partial charge in [-0.05, 0) is 61.7 Å². The second kappa shape index (κ2) is 5.41. The average Bonchev–Trinajstić information content (AvgIpc) is 2.73. The predicted molar refractivity (Wildman–Crippen MR) is 88.9 cm³/mol. The molecule has 0 radical (unpaired) electrons. The molecule has 1 aliphatic heterocycles. The van der Waals surface area contributed by atoms with Crippen LogP contribution in [-0.2, 0) is 0 Å². The van der Waals surface area contributed by atoms with Crippen molar-refractivity contribution in [3.8, 4) is 0 Å². The quantitative estimate of drug-likeness (QED) is 0.752. The van der Waals surface area contributed by atoms with E-state index in [1.54, 1.807) is 6.42 Å². The maximum absolute atomic E-state index is 4.55. The Morgan fingerprint density at radius 2 is 1.74 bits per heavy atom. The third kappa shape index (κ3) is 2.49. The number of halogens is 1. The van der Waals surface area contributed by atoms with Crippen LogP contribution in [0.3, 0.4) is 0 Å². The average molecular weight is 375 g/mol. The molecule has 0 unspecified atom stereocenters. The molecule has 0 aromatic rings. The molecule has 5 rings (SSSR count). The van der Waals surface area contributed by atoms with Crippen molar-refractivity contribution in [2.24, 2.45) is 34.6 Å². The van der Waals surface area contributed by atoms with Gasteiger partial charge in [-0.25, -0.2) is 0 Å². The highest BCUT2D eigenvalue weighted by atomic mass is 127. The number of guanidine groups is 1. The van der Waals surface area contributed by atoms with Crippen molar-refractivity contribution in [1.29, 1.82) is 0 Å². The van der Waals surface area contributed by atoms with Gasteiger partial charge < -0.3 is 10.2 Å². The van der Waals surface area contributed by atoms with Gasteiger partial charge in [-0.1, -0.05) is 0 Å². The fraction of sp³-hybridized carbons (Fsp3) is 0.933. The summed E-state index contributed by atoms with van der Waals surface area (Å²) in [5, 5.41) is 3.64. The Labute approximate surface area is 133 Å². The topological polar surface area (TPSA) is 27.6 Å². The summed E-state index contributed by atoms with van der Waals surface area (Å²) in [6.45, 7) is 3.24. The molecule has 4 bridgehead atoms. The van der Waals surface area contributed by atoms with Crippen LogP contribution in [0.1, 0.15) is 32.1 Å². The molecule has 5 aliphatic rings. The molecule has 1 N–H and O–H groups in total. The first-order chi connectivity index (χ1) is 8.79. The van der Waals surface area contributed by atoms with Crippen molar-refractivity contribution in [2.75, 3.05) is 26.7 Å². The molecule has 0 atom stereocenters. The number of nitrogens with zero attached hydrogens (tertiary/aromatic N) is 2. The first-order valence-corrected chi connectivity index (χ1v) is 7.79. The summed E-state index contributed by atoms with van der Waals surface area (Å²) in [7, 11) is 2.15. The third-order valence-corrected chi connectivity index (χ3v) is 5.98. The summed E-state index contributed by atoms with van der Waals surface area (Å²) < 4.78 is 0. The molecule has 4 saturated carbocycles. The van der Waals surface area contributed by atoms with Crippen LogP contribution in [0.25, 0.3) is 0 Å². The fourth-order valence-electron chi connectivity index (χ4n) is 5.30. The maximum Gasteiger partial charge on any atom is 0.193 e. The number of nitrogens with one attached hydrogen (secondary N) is 1. The Morgan fingerprint density at radius 3 is 2.26 bits per heavy atom. The molecule has 108 valence electrons. The molecule has 1 heterocycles. The van der Waals surface area contributed by atoms with Crippen molar-refractivity contribution >= 4 is 29.9 Å². The van der Waals surface area contributed by atoms with Crippen molar-refractivity contribution in [1.82, 2.24) is 10.2 Å². The van der Waals surface area contributed by atoms with E-state index in [9.17, 15) is 0 Å². The van der Waals surface area contributed by atoms with Crippen molar-refractivity contribution in [3.63, 3.8) is 0 Å². The highest BCUT2D eigenvalue weighted by Crippen LogP contribution is 2.56. The van der Waals surface area contributed by atoms with Crippen molar-refractivity contribution in [3.05, 3.63) is 0 Å². The Hall–Kier alpha value is 0. The van der Waals surface area contributed by atoms with Crippen LogP contribution >= 0.6 is 24.0 Å². The zero-order valence-electron chi connectivity index (χ0n) is 11.8. The summed E-state index contributed by atoms with van der Waals surface area (Å²) in [4.78, 5) is 6.81. The smallest absolute Gasteiger partial charge is 0.193 e. The molecule has 19 heavy (non-hydrogen) atoms. The van der Waals surface area contributed by atoms with Gasteiger partial charge in [-0.3, -0.25) is 4.99 Å². The molecule has 4 fully saturated rings. The van der Waals surface area contributed by atoms with Crippen LogP contribution in [-0.4, -0.2) is 37.5 Å². The van der Waals surface area contributed by atoms with E-state index in [4.69, 9.17) is 0 Å². The van der Waals surface area contributed by atoms with Gasteiger partial charge in [0.2, 0.25) is 0 Å². The predicted octanol–water partition coefficient (Wildman–Crippen LogP) is 2.57. The van der Waals surface area contributed by atoms with Gasteiger partial charge in [0, 0.05) is 20.1 Å². The van der Waals surface area contributed by atoms with Gasteiger partial charge in [0.25, 0.3) is 0 Å². The highest BCUT2D eigenvalue weighted by molar-refractivity contribution is 14.0. The maximum atomic E-state index is 4.55. The fourth-order valence-corrected chi connectivity index (χ4v) is 5.30. The van der Waals surface area contributed by atoms with Gasteiger partial charge in [-0.2, -0.15) is 0 Å². The van der Waals surface area contributed by atoms with Crippen LogP contribution in [0, 0.1) is 29.6 Å².